The number of carbonyl (C=O) groups is 1. The van der Waals surface area contributed by atoms with Gasteiger partial charge in [0, 0.05) is 18.7 Å². The lowest BCUT2D eigenvalue weighted by atomic mass is 9.97. The van der Waals surface area contributed by atoms with Gasteiger partial charge in [0.15, 0.2) is 0 Å². The molecule has 0 aromatic heterocycles. The van der Waals surface area contributed by atoms with Crippen molar-refractivity contribution in [3.63, 3.8) is 0 Å². The molecule has 1 fully saturated rings. The van der Waals surface area contributed by atoms with Crippen molar-refractivity contribution in [2.24, 2.45) is 5.92 Å². The van der Waals surface area contributed by atoms with Crippen molar-refractivity contribution >= 4 is 5.91 Å². The highest BCUT2D eigenvalue weighted by Crippen LogP contribution is 2.24. The molecular formula is C22H23NO3. The Balaban J connectivity index is 1.57. The Labute approximate surface area is 154 Å². The van der Waals surface area contributed by atoms with E-state index in [1.807, 2.05) is 53.4 Å². The molecule has 0 unspecified atom stereocenters. The van der Waals surface area contributed by atoms with E-state index in [-0.39, 0.29) is 5.91 Å². The number of carbonyl (C=O) groups excluding carboxylic acids is 1. The second-order valence-electron chi connectivity index (χ2n) is 6.40. The van der Waals surface area contributed by atoms with Crippen LogP contribution in [0.5, 0.6) is 11.5 Å². The lowest BCUT2D eigenvalue weighted by Crippen LogP contribution is -2.39. The third-order valence-corrected chi connectivity index (χ3v) is 4.50. The minimum Gasteiger partial charge on any atom is -0.457 e. The molecule has 2 aromatic rings. The number of terminal acetylenes is 1. The van der Waals surface area contributed by atoms with Crippen LogP contribution in [-0.2, 0) is 4.74 Å². The fourth-order valence-corrected chi connectivity index (χ4v) is 3.09. The molecule has 0 aliphatic carbocycles. The van der Waals surface area contributed by atoms with Crippen LogP contribution in [0.15, 0.2) is 54.6 Å². The summed E-state index contributed by atoms with van der Waals surface area (Å²) in [5.41, 5.74) is 0.653. The predicted octanol–water partition coefficient (Wildman–Crippen LogP) is 3.98. The van der Waals surface area contributed by atoms with Gasteiger partial charge in [0.1, 0.15) is 18.1 Å². The van der Waals surface area contributed by atoms with Crippen molar-refractivity contribution in [2.45, 2.75) is 12.8 Å². The van der Waals surface area contributed by atoms with Crippen molar-refractivity contribution in [1.29, 1.82) is 0 Å². The lowest BCUT2D eigenvalue weighted by molar-refractivity contribution is 0.0581. The minimum atomic E-state index is 0.0477. The van der Waals surface area contributed by atoms with Crippen LogP contribution in [0.4, 0.5) is 0 Å². The molecule has 0 radical (unpaired) electrons. The molecule has 26 heavy (non-hydrogen) atoms. The molecule has 2 aromatic carbocycles. The number of ether oxygens (including phenoxy) is 2. The van der Waals surface area contributed by atoms with Crippen molar-refractivity contribution in [2.75, 3.05) is 26.3 Å². The first-order valence-corrected chi connectivity index (χ1v) is 8.89. The largest absolute Gasteiger partial charge is 0.457 e. The normalized spacial score (nSPS) is 14.7. The molecule has 0 spiro atoms. The summed E-state index contributed by atoms with van der Waals surface area (Å²) in [4.78, 5) is 14.7. The van der Waals surface area contributed by atoms with Gasteiger partial charge in [-0.2, -0.15) is 0 Å². The quantitative estimate of drug-likeness (QED) is 0.585. The first kappa shape index (κ1) is 18.0. The molecule has 0 bridgehead atoms. The van der Waals surface area contributed by atoms with Crippen LogP contribution in [0.25, 0.3) is 0 Å². The van der Waals surface area contributed by atoms with E-state index in [4.69, 9.17) is 15.9 Å². The van der Waals surface area contributed by atoms with Gasteiger partial charge >= 0.3 is 0 Å². The SMILES string of the molecule is C#CCOCC1CCN(C(=O)c2cccc(Oc3ccccc3)c2)CC1. The zero-order valence-corrected chi connectivity index (χ0v) is 14.8. The van der Waals surface area contributed by atoms with Gasteiger partial charge < -0.3 is 14.4 Å². The highest BCUT2D eigenvalue weighted by molar-refractivity contribution is 5.94. The van der Waals surface area contributed by atoms with Crippen molar-refractivity contribution in [1.82, 2.24) is 4.90 Å². The van der Waals surface area contributed by atoms with Gasteiger partial charge in [-0.3, -0.25) is 4.79 Å². The van der Waals surface area contributed by atoms with E-state index in [0.717, 1.165) is 31.7 Å². The molecule has 1 aliphatic heterocycles. The van der Waals surface area contributed by atoms with E-state index < -0.39 is 0 Å². The summed E-state index contributed by atoms with van der Waals surface area (Å²) in [5, 5.41) is 0. The molecule has 0 N–H and O–H groups in total. The Kier molecular flexibility index (Phi) is 6.29. The van der Waals surface area contributed by atoms with Gasteiger partial charge in [0.05, 0.1) is 6.61 Å². The smallest absolute Gasteiger partial charge is 0.253 e. The molecule has 0 saturated carbocycles. The minimum absolute atomic E-state index is 0.0477. The number of likely N-dealkylation sites (tertiary alicyclic amines) is 1. The molecule has 1 heterocycles. The maximum Gasteiger partial charge on any atom is 0.253 e. The third-order valence-electron chi connectivity index (χ3n) is 4.50. The molecule has 1 amide bonds. The first-order chi connectivity index (χ1) is 12.8. The topological polar surface area (TPSA) is 38.8 Å². The second kappa shape index (κ2) is 9.07. The maximum absolute atomic E-state index is 12.8. The second-order valence-corrected chi connectivity index (χ2v) is 6.40. The predicted molar refractivity (Wildman–Crippen MR) is 101 cm³/mol. The Morgan fingerprint density at radius 2 is 1.81 bits per heavy atom. The molecule has 134 valence electrons. The third kappa shape index (κ3) is 4.87. The average molecular weight is 349 g/mol. The summed E-state index contributed by atoms with van der Waals surface area (Å²) in [5.74, 6) is 4.42. The fourth-order valence-electron chi connectivity index (χ4n) is 3.09. The number of hydrogen-bond donors (Lipinski definition) is 0. The molecule has 0 atom stereocenters. The number of nitrogens with zero attached hydrogens (tertiary/aromatic N) is 1. The summed E-state index contributed by atoms with van der Waals surface area (Å²) in [6, 6.07) is 16.9. The summed E-state index contributed by atoms with van der Waals surface area (Å²) in [6.07, 6.45) is 7.07. The average Bonchev–Trinajstić information content (AvgIpc) is 2.69. The van der Waals surface area contributed by atoms with E-state index >= 15 is 0 Å². The summed E-state index contributed by atoms with van der Waals surface area (Å²) >= 11 is 0. The fraction of sp³-hybridized carbons (Fsp3) is 0.318. The van der Waals surface area contributed by atoms with Crippen LogP contribution in [0, 0.1) is 18.3 Å². The number of amides is 1. The van der Waals surface area contributed by atoms with Crippen molar-refractivity contribution in [3.8, 4) is 23.8 Å². The van der Waals surface area contributed by atoms with Crippen LogP contribution in [0.1, 0.15) is 23.2 Å². The summed E-state index contributed by atoms with van der Waals surface area (Å²) in [7, 11) is 0. The highest BCUT2D eigenvalue weighted by atomic mass is 16.5. The van der Waals surface area contributed by atoms with Gasteiger partial charge in [0.25, 0.3) is 5.91 Å². The van der Waals surface area contributed by atoms with Gasteiger partial charge in [-0.15, -0.1) is 6.42 Å². The Hall–Kier alpha value is -2.77. The molecule has 1 aliphatic rings. The number of benzene rings is 2. The standard InChI is InChI=1S/C22H23NO3/c1-2-15-25-17-18-11-13-23(14-12-18)22(24)19-7-6-10-21(16-19)26-20-8-4-3-5-9-20/h1,3-10,16,18H,11-15,17H2. The van der Waals surface area contributed by atoms with Gasteiger partial charge in [-0.05, 0) is 49.1 Å². The van der Waals surface area contributed by atoms with Crippen LogP contribution >= 0.6 is 0 Å². The van der Waals surface area contributed by atoms with Crippen LogP contribution in [0.2, 0.25) is 0 Å². The van der Waals surface area contributed by atoms with Crippen molar-refractivity contribution in [3.05, 3.63) is 60.2 Å². The van der Waals surface area contributed by atoms with E-state index in [0.29, 0.717) is 30.4 Å². The summed E-state index contributed by atoms with van der Waals surface area (Å²) < 4.78 is 11.2. The number of para-hydroxylation sites is 1. The number of piperidine rings is 1. The maximum atomic E-state index is 12.8. The molecule has 3 rings (SSSR count). The first-order valence-electron chi connectivity index (χ1n) is 8.89. The van der Waals surface area contributed by atoms with E-state index in [9.17, 15) is 4.79 Å². The van der Waals surface area contributed by atoms with Gasteiger partial charge in [-0.1, -0.05) is 30.2 Å². The Morgan fingerprint density at radius 1 is 1.08 bits per heavy atom. The molecule has 1 saturated heterocycles. The number of hydrogen-bond acceptors (Lipinski definition) is 3. The van der Waals surface area contributed by atoms with E-state index in [1.165, 1.54) is 0 Å². The molecule has 4 nitrogen and oxygen atoms in total. The summed E-state index contributed by atoms with van der Waals surface area (Å²) in [6.45, 7) is 2.51. The lowest BCUT2D eigenvalue weighted by Gasteiger charge is -2.31. The van der Waals surface area contributed by atoms with E-state index in [2.05, 4.69) is 5.92 Å². The zero-order chi connectivity index (χ0) is 18.2. The zero-order valence-electron chi connectivity index (χ0n) is 14.8. The molecule has 4 heteroatoms. The number of rotatable bonds is 6. The van der Waals surface area contributed by atoms with Crippen LogP contribution in [0.3, 0.4) is 0 Å². The van der Waals surface area contributed by atoms with Gasteiger partial charge in [0.2, 0.25) is 0 Å². The van der Waals surface area contributed by atoms with Crippen LogP contribution in [-0.4, -0.2) is 37.1 Å². The Bertz CT molecular complexity index is 758. The monoisotopic (exact) mass is 349 g/mol. The highest BCUT2D eigenvalue weighted by Gasteiger charge is 2.24. The van der Waals surface area contributed by atoms with E-state index in [1.54, 1.807) is 6.07 Å². The van der Waals surface area contributed by atoms with Gasteiger partial charge in [-0.25, -0.2) is 0 Å². The van der Waals surface area contributed by atoms with Crippen molar-refractivity contribution < 1.29 is 14.3 Å². The Morgan fingerprint density at radius 3 is 2.54 bits per heavy atom. The molecular weight excluding hydrogens is 326 g/mol. The van der Waals surface area contributed by atoms with Crippen LogP contribution < -0.4 is 4.74 Å².